The van der Waals surface area contributed by atoms with E-state index < -0.39 is 5.97 Å². The fourth-order valence-corrected chi connectivity index (χ4v) is 2.74. The maximum atomic E-state index is 10.8. The van der Waals surface area contributed by atoms with E-state index in [1.807, 2.05) is 0 Å². The van der Waals surface area contributed by atoms with Crippen LogP contribution in [-0.2, 0) is 0 Å². The average Bonchev–Trinajstić information content (AvgIpc) is 2.71. The first-order valence-electron chi connectivity index (χ1n) is 6.44. The van der Waals surface area contributed by atoms with Crippen LogP contribution in [0.15, 0.2) is 12.3 Å². The van der Waals surface area contributed by atoms with Gasteiger partial charge in [0.2, 0.25) is 5.95 Å². The largest absolute Gasteiger partial charge is 0.477 e. The van der Waals surface area contributed by atoms with Crippen molar-refractivity contribution in [2.24, 2.45) is 11.8 Å². The molecule has 5 nitrogen and oxygen atoms in total. The molecule has 1 heterocycles. The minimum atomic E-state index is -1.02. The van der Waals surface area contributed by atoms with Crippen molar-refractivity contribution in [3.05, 3.63) is 18.0 Å². The van der Waals surface area contributed by atoms with E-state index in [2.05, 4.69) is 29.1 Å². The number of aromatic carboxylic acids is 1. The molecule has 98 valence electrons. The van der Waals surface area contributed by atoms with E-state index in [4.69, 9.17) is 5.11 Å². The zero-order valence-electron chi connectivity index (χ0n) is 10.8. The van der Waals surface area contributed by atoms with Crippen LogP contribution in [0.3, 0.4) is 0 Å². The molecule has 2 rings (SSSR count). The topological polar surface area (TPSA) is 75.1 Å². The van der Waals surface area contributed by atoms with Crippen molar-refractivity contribution < 1.29 is 9.90 Å². The molecule has 2 N–H and O–H groups in total. The molecule has 1 aromatic heterocycles. The molecule has 0 amide bonds. The fraction of sp³-hybridized carbons (Fsp3) is 0.615. The Balaban J connectivity index is 2.06. The molecule has 0 radical (unpaired) electrons. The van der Waals surface area contributed by atoms with E-state index in [0.29, 0.717) is 17.9 Å². The van der Waals surface area contributed by atoms with Crippen LogP contribution in [0.4, 0.5) is 5.95 Å². The summed E-state index contributed by atoms with van der Waals surface area (Å²) < 4.78 is 0. The molecule has 1 saturated carbocycles. The second-order valence-electron chi connectivity index (χ2n) is 4.93. The van der Waals surface area contributed by atoms with Gasteiger partial charge in [-0.1, -0.05) is 20.3 Å². The Morgan fingerprint density at radius 2 is 2.33 bits per heavy atom. The number of carboxylic acids is 1. The molecule has 1 aliphatic rings. The van der Waals surface area contributed by atoms with Gasteiger partial charge in [0.15, 0.2) is 5.69 Å². The second-order valence-corrected chi connectivity index (χ2v) is 4.93. The van der Waals surface area contributed by atoms with Crippen molar-refractivity contribution in [1.29, 1.82) is 0 Å². The monoisotopic (exact) mass is 249 g/mol. The molecule has 0 aliphatic heterocycles. The first kappa shape index (κ1) is 12.8. The van der Waals surface area contributed by atoms with E-state index in [9.17, 15) is 4.79 Å². The summed E-state index contributed by atoms with van der Waals surface area (Å²) in [4.78, 5) is 18.9. The van der Waals surface area contributed by atoms with Crippen molar-refractivity contribution >= 4 is 11.9 Å². The number of nitrogens with one attached hydrogen (secondary N) is 1. The summed E-state index contributed by atoms with van der Waals surface area (Å²) in [5, 5.41) is 12.1. The van der Waals surface area contributed by atoms with Gasteiger partial charge >= 0.3 is 5.97 Å². The lowest BCUT2D eigenvalue weighted by Gasteiger charge is -2.20. The molecular formula is C13H19N3O2. The highest BCUT2D eigenvalue weighted by Gasteiger charge is 2.31. The SMILES string of the molecule is CCC1CCC(Nc2nccc(C(=O)O)n2)C1C. The van der Waals surface area contributed by atoms with Gasteiger partial charge in [0.1, 0.15) is 0 Å². The van der Waals surface area contributed by atoms with Crippen LogP contribution in [0.1, 0.15) is 43.6 Å². The molecule has 0 bridgehead atoms. The molecule has 18 heavy (non-hydrogen) atoms. The van der Waals surface area contributed by atoms with Crippen LogP contribution in [0, 0.1) is 11.8 Å². The molecule has 0 spiro atoms. The van der Waals surface area contributed by atoms with E-state index >= 15 is 0 Å². The molecular weight excluding hydrogens is 230 g/mol. The lowest BCUT2D eigenvalue weighted by molar-refractivity contribution is 0.0690. The first-order valence-corrected chi connectivity index (χ1v) is 6.44. The predicted octanol–water partition coefficient (Wildman–Crippen LogP) is 2.41. The summed E-state index contributed by atoms with van der Waals surface area (Å²) >= 11 is 0. The number of hydrogen-bond acceptors (Lipinski definition) is 4. The lowest BCUT2D eigenvalue weighted by atomic mass is 9.94. The molecule has 0 saturated heterocycles. The molecule has 3 atom stereocenters. The number of anilines is 1. The quantitative estimate of drug-likeness (QED) is 0.857. The maximum absolute atomic E-state index is 10.8. The molecule has 0 aromatic carbocycles. The number of carbonyl (C=O) groups is 1. The summed E-state index contributed by atoms with van der Waals surface area (Å²) in [6.07, 6.45) is 4.99. The van der Waals surface area contributed by atoms with Crippen LogP contribution in [0.5, 0.6) is 0 Å². The van der Waals surface area contributed by atoms with Crippen LogP contribution < -0.4 is 5.32 Å². The highest BCUT2D eigenvalue weighted by atomic mass is 16.4. The minimum absolute atomic E-state index is 0.0326. The Kier molecular flexibility index (Phi) is 3.79. The summed E-state index contributed by atoms with van der Waals surface area (Å²) in [7, 11) is 0. The van der Waals surface area contributed by atoms with Gasteiger partial charge in [-0.25, -0.2) is 14.8 Å². The molecule has 5 heteroatoms. The van der Waals surface area contributed by atoms with Gasteiger partial charge < -0.3 is 10.4 Å². The van der Waals surface area contributed by atoms with Gasteiger partial charge in [0, 0.05) is 12.2 Å². The summed E-state index contributed by atoms with van der Waals surface area (Å²) in [6, 6.07) is 1.75. The standard InChI is InChI=1S/C13H19N3O2/c1-3-9-4-5-10(8(9)2)15-13-14-7-6-11(16-13)12(17)18/h6-10H,3-5H2,1-2H3,(H,17,18)(H,14,15,16). The number of hydrogen-bond donors (Lipinski definition) is 2. The molecule has 1 aromatic rings. The van der Waals surface area contributed by atoms with Crippen LogP contribution in [0.2, 0.25) is 0 Å². The number of carboxylic acid groups (broad SMARTS) is 1. The van der Waals surface area contributed by atoms with Gasteiger partial charge in [-0.15, -0.1) is 0 Å². The summed E-state index contributed by atoms with van der Waals surface area (Å²) in [5.74, 6) is 0.715. The maximum Gasteiger partial charge on any atom is 0.354 e. The Bertz CT molecular complexity index is 436. The number of aromatic nitrogens is 2. The Labute approximate surface area is 107 Å². The molecule has 1 aliphatic carbocycles. The normalized spacial score (nSPS) is 27.1. The van der Waals surface area contributed by atoms with Crippen molar-refractivity contribution in [3.8, 4) is 0 Å². The van der Waals surface area contributed by atoms with E-state index in [-0.39, 0.29) is 5.69 Å². The van der Waals surface area contributed by atoms with E-state index in [0.717, 1.165) is 12.3 Å². The van der Waals surface area contributed by atoms with E-state index in [1.54, 1.807) is 0 Å². The first-order chi connectivity index (χ1) is 8.61. The molecule has 1 fully saturated rings. The van der Waals surface area contributed by atoms with Crippen LogP contribution >= 0.6 is 0 Å². The third kappa shape index (κ3) is 2.60. The highest BCUT2D eigenvalue weighted by Crippen LogP contribution is 2.35. The summed E-state index contributed by atoms with van der Waals surface area (Å²) in [5.41, 5.74) is 0.0326. The van der Waals surface area contributed by atoms with Crippen LogP contribution in [0.25, 0.3) is 0 Å². The van der Waals surface area contributed by atoms with Crippen molar-refractivity contribution in [1.82, 2.24) is 9.97 Å². The number of rotatable bonds is 4. The van der Waals surface area contributed by atoms with Gasteiger partial charge in [0.05, 0.1) is 0 Å². The van der Waals surface area contributed by atoms with E-state index in [1.165, 1.54) is 25.1 Å². The van der Waals surface area contributed by atoms with Crippen molar-refractivity contribution in [2.45, 2.75) is 39.2 Å². The second kappa shape index (κ2) is 5.33. The third-order valence-corrected chi connectivity index (χ3v) is 3.94. The zero-order chi connectivity index (χ0) is 13.1. The predicted molar refractivity (Wildman–Crippen MR) is 68.6 cm³/mol. The fourth-order valence-electron chi connectivity index (χ4n) is 2.74. The van der Waals surface area contributed by atoms with Gasteiger partial charge in [-0.3, -0.25) is 0 Å². The van der Waals surface area contributed by atoms with Crippen molar-refractivity contribution in [3.63, 3.8) is 0 Å². The summed E-state index contributed by atoms with van der Waals surface area (Å²) in [6.45, 7) is 4.45. The smallest absolute Gasteiger partial charge is 0.354 e. The average molecular weight is 249 g/mol. The minimum Gasteiger partial charge on any atom is -0.477 e. The van der Waals surface area contributed by atoms with Gasteiger partial charge in [-0.05, 0) is 30.7 Å². The van der Waals surface area contributed by atoms with Crippen molar-refractivity contribution in [2.75, 3.05) is 5.32 Å². The van der Waals surface area contributed by atoms with Crippen LogP contribution in [-0.4, -0.2) is 27.1 Å². The lowest BCUT2D eigenvalue weighted by Crippen LogP contribution is -2.26. The zero-order valence-corrected chi connectivity index (χ0v) is 10.8. The number of nitrogens with zero attached hydrogens (tertiary/aromatic N) is 2. The van der Waals surface area contributed by atoms with Gasteiger partial charge in [0.25, 0.3) is 0 Å². The molecule has 3 unspecified atom stereocenters. The Morgan fingerprint density at radius 1 is 1.56 bits per heavy atom. The Morgan fingerprint density at radius 3 is 2.94 bits per heavy atom. The highest BCUT2D eigenvalue weighted by molar-refractivity contribution is 5.85. The Hall–Kier alpha value is -1.65. The van der Waals surface area contributed by atoms with Gasteiger partial charge in [-0.2, -0.15) is 0 Å². The third-order valence-electron chi connectivity index (χ3n) is 3.94.